The van der Waals surface area contributed by atoms with Gasteiger partial charge in [0, 0.05) is 43.3 Å². The summed E-state index contributed by atoms with van der Waals surface area (Å²) < 4.78 is 0. The number of aromatic amines is 1. The van der Waals surface area contributed by atoms with Crippen molar-refractivity contribution in [3.05, 3.63) is 54.1 Å². The van der Waals surface area contributed by atoms with Gasteiger partial charge in [0.2, 0.25) is 17.6 Å². The number of carbonyl (C=O) groups is 2. The Morgan fingerprint density at radius 2 is 1.84 bits per heavy atom. The van der Waals surface area contributed by atoms with Gasteiger partial charge in [0.05, 0.1) is 0 Å². The average molecular weight is 453 g/mol. The highest BCUT2D eigenvalue weighted by Crippen LogP contribution is 2.29. The quantitative estimate of drug-likeness (QED) is 0.410. The van der Waals surface area contributed by atoms with Crippen LogP contribution in [-0.2, 0) is 16.1 Å². The van der Waals surface area contributed by atoms with E-state index in [1.165, 1.54) is 0 Å². The number of nitrogens with zero attached hydrogens (tertiary/aromatic N) is 4. The molecule has 0 unspecified atom stereocenters. The van der Waals surface area contributed by atoms with E-state index in [4.69, 9.17) is 0 Å². The number of hydrogen-bond acceptors (Lipinski definition) is 6. The highest BCUT2D eigenvalue weighted by atomic mass is 32.1. The number of rotatable bonds is 10. The molecule has 0 bridgehead atoms. The van der Waals surface area contributed by atoms with Gasteiger partial charge in [-0.1, -0.05) is 62.4 Å². The Bertz CT molecular complexity index is 1020. The van der Waals surface area contributed by atoms with Gasteiger partial charge in [-0.15, -0.1) is 10.2 Å². The molecule has 1 aromatic heterocycles. The molecule has 1 atom stereocenters. The van der Waals surface area contributed by atoms with Gasteiger partial charge in [0.1, 0.15) is 0 Å². The highest BCUT2D eigenvalue weighted by molar-refractivity contribution is 7.80. The summed E-state index contributed by atoms with van der Waals surface area (Å²) in [5, 5.41) is 17.2. The molecule has 2 N–H and O–H groups in total. The summed E-state index contributed by atoms with van der Waals surface area (Å²) in [6.45, 7) is 5.03. The molecule has 0 saturated heterocycles. The van der Waals surface area contributed by atoms with E-state index in [2.05, 4.69) is 38.6 Å². The van der Waals surface area contributed by atoms with Crippen LogP contribution in [0, 0.1) is 5.92 Å². The molecular formula is C23H28N6O2S. The van der Waals surface area contributed by atoms with Gasteiger partial charge in [0.25, 0.3) is 0 Å². The van der Waals surface area contributed by atoms with E-state index >= 15 is 0 Å². The number of tetrazole rings is 1. The van der Waals surface area contributed by atoms with Crippen LogP contribution in [0.3, 0.4) is 0 Å². The normalized spacial score (nSPS) is 11.7. The fraction of sp³-hybridized carbons (Fsp3) is 0.348. The minimum atomic E-state index is -0.156. The van der Waals surface area contributed by atoms with Gasteiger partial charge in [-0.3, -0.25) is 9.59 Å². The van der Waals surface area contributed by atoms with Crippen molar-refractivity contribution in [2.75, 3.05) is 18.8 Å². The molecule has 0 aliphatic heterocycles. The number of thiol groups is 1. The van der Waals surface area contributed by atoms with Crippen LogP contribution in [0.25, 0.3) is 22.5 Å². The zero-order valence-corrected chi connectivity index (χ0v) is 19.2. The number of amides is 2. The molecule has 0 radical (unpaired) electrons. The molecule has 3 rings (SSSR count). The molecule has 0 aliphatic rings. The van der Waals surface area contributed by atoms with Gasteiger partial charge in [-0.2, -0.15) is 17.8 Å². The van der Waals surface area contributed by atoms with Crippen LogP contribution in [-0.4, -0.2) is 56.2 Å². The third-order valence-corrected chi connectivity index (χ3v) is 5.76. The summed E-state index contributed by atoms with van der Waals surface area (Å²) >= 11 is 4.15. The van der Waals surface area contributed by atoms with Crippen LogP contribution in [0.1, 0.15) is 25.8 Å². The number of nitrogens with one attached hydrogen (secondary N) is 2. The molecule has 168 valence electrons. The maximum atomic E-state index is 12.4. The SMILES string of the molecule is CCC(=O)N(CCNC(=O)[C@H](C)CS)Cc1ccc(-c2ccccc2-c2nn[nH]n2)cc1. The van der Waals surface area contributed by atoms with Crippen LogP contribution < -0.4 is 5.32 Å². The number of hydrogen-bond donors (Lipinski definition) is 3. The lowest BCUT2D eigenvalue weighted by atomic mass is 9.98. The summed E-state index contributed by atoms with van der Waals surface area (Å²) in [5.74, 6) is 0.878. The van der Waals surface area contributed by atoms with E-state index in [1.807, 2.05) is 62.4 Å². The van der Waals surface area contributed by atoms with E-state index in [1.54, 1.807) is 4.90 Å². The van der Waals surface area contributed by atoms with Crippen LogP contribution in [0.5, 0.6) is 0 Å². The number of H-pyrrole nitrogens is 1. The average Bonchev–Trinajstić information content (AvgIpc) is 3.37. The van der Waals surface area contributed by atoms with E-state index in [0.29, 0.717) is 37.6 Å². The van der Waals surface area contributed by atoms with E-state index < -0.39 is 0 Å². The smallest absolute Gasteiger partial charge is 0.223 e. The molecule has 32 heavy (non-hydrogen) atoms. The lowest BCUT2D eigenvalue weighted by Gasteiger charge is -2.23. The van der Waals surface area contributed by atoms with Crippen molar-refractivity contribution < 1.29 is 9.59 Å². The summed E-state index contributed by atoms with van der Waals surface area (Å²) in [4.78, 5) is 26.2. The van der Waals surface area contributed by atoms with Crippen LogP contribution in [0.15, 0.2) is 48.5 Å². The molecule has 1 heterocycles. The first-order valence-electron chi connectivity index (χ1n) is 10.6. The lowest BCUT2D eigenvalue weighted by molar-refractivity contribution is -0.132. The van der Waals surface area contributed by atoms with E-state index in [9.17, 15) is 9.59 Å². The molecule has 8 nitrogen and oxygen atoms in total. The van der Waals surface area contributed by atoms with Crippen molar-refractivity contribution in [2.24, 2.45) is 5.92 Å². The minimum absolute atomic E-state index is 0.0477. The van der Waals surface area contributed by atoms with Crippen molar-refractivity contribution in [1.29, 1.82) is 0 Å². The largest absolute Gasteiger partial charge is 0.354 e. The second-order valence-electron chi connectivity index (χ2n) is 7.52. The molecule has 0 saturated carbocycles. The number of aromatic nitrogens is 4. The van der Waals surface area contributed by atoms with Gasteiger partial charge in [-0.05, 0) is 21.9 Å². The predicted molar refractivity (Wildman–Crippen MR) is 127 cm³/mol. The fourth-order valence-corrected chi connectivity index (χ4v) is 3.47. The van der Waals surface area contributed by atoms with Gasteiger partial charge < -0.3 is 10.2 Å². The summed E-state index contributed by atoms with van der Waals surface area (Å²) in [5.41, 5.74) is 3.93. The van der Waals surface area contributed by atoms with E-state index in [-0.39, 0.29) is 17.7 Å². The predicted octanol–water partition coefficient (Wildman–Crippen LogP) is 2.95. The Kier molecular flexibility index (Phi) is 8.38. The van der Waals surface area contributed by atoms with Gasteiger partial charge in [-0.25, -0.2) is 0 Å². The standard InChI is InChI=1S/C23H28N6O2S/c1-3-21(30)29(13-12-24-23(31)16(2)15-32)14-17-8-10-18(11-9-17)19-6-4-5-7-20(19)22-25-27-28-26-22/h4-11,16,32H,3,12-15H2,1-2H3,(H,24,31)(H,25,26,27,28)/t16-/m1/s1. The molecule has 2 amide bonds. The van der Waals surface area contributed by atoms with Gasteiger partial charge >= 0.3 is 0 Å². The molecule has 3 aromatic rings. The monoisotopic (exact) mass is 452 g/mol. The summed E-state index contributed by atoms with van der Waals surface area (Å²) in [7, 11) is 0. The zero-order chi connectivity index (χ0) is 22.9. The molecular weight excluding hydrogens is 424 g/mol. The van der Waals surface area contributed by atoms with Crippen LogP contribution in [0.4, 0.5) is 0 Å². The lowest BCUT2D eigenvalue weighted by Crippen LogP contribution is -2.39. The van der Waals surface area contributed by atoms with Crippen molar-refractivity contribution in [3.8, 4) is 22.5 Å². The third kappa shape index (κ3) is 5.94. The summed E-state index contributed by atoms with van der Waals surface area (Å²) in [6, 6.07) is 16.0. The molecule has 0 spiro atoms. The number of benzene rings is 2. The zero-order valence-electron chi connectivity index (χ0n) is 18.3. The highest BCUT2D eigenvalue weighted by Gasteiger charge is 2.15. The maximum Gasteiger partial charge on any atom is 0.223 e. The molecule has 0 aliphatic carbocycles. The van der Waals surface area contributed by atoms with Crippen molar-refractivity contribution >= 4 is 24.4 Å². The van der Waals surface area contributed by atoms with Crippen LogP contribution >= 0.6 is 12.6 Å². The Morgan fingerprint density at radius 1 is 1.12 bits per heavy atom. The maximum absolute atomic E-state index is 12.4. The fourth-order valence-electron chi connectivity index (χ4n) is 3.30. The first kappa shape index (κ1) is 23.5. The summed E-state index contributed by atoms with van der Waals surface area (Å²) in [6.07, 6.45) is 0.414. The Hall–Kier alpha value is -3.20. The van der Waals surface area contributed by atoms with Crippen LogP contribution in [0.2, 0.25) is 0 Å². The Labute approximate surface area is 193 Å². The second-order valence-corrected chi connectivity index (χ2v) is 7.89. The topological polar surface area (TPSA) is 104 Å². The van der Waals surface area contributed by atoms with Gasteiger partial charge in [0.15, 0.2) is 0 Å². The second kappa shape index (κ2) is 11.4. The first-order valence-corrected chi connectivity index (χ1v) is 11.2. The Balaban J connectivity index is 1.69. The molecule has 9 heteroatoms. The first-order chi connectivity index (χ1) is 15.5. The number of carbonyl (C=O) groups excluding carboxylic acids is 2. The van der Waals surface area contributed by atoms with E-state index in [0.717, 1.165) is 22.3 Å². The van der Waals surface area contributed by atoms with Crippen molar-refractivity contribution in [2.45, 2.75) is 26.8 Å². The molecule has 2 aromatic carbocycles. The minimum Gasteiger partial charge on any atom is -0.354 e. The Morgan fingerprint density at radius 3 is 2.47 bits per heavy atom. The van der Waals surface area contributed by atoms with Crippen molar-refractivity contribution in [3.63, 3.8) is 0 Å². The van der Waals surface area contributed by atoms with Crippen molar-refractivity contribution in [1.82, 2.24) is 30.8 Å². The third-order valence-electron chi connectivity index (χ3n) is 5.21. The molecule has 0 fully saturated rings.